The van der Waals surface area contributed by atoms with Gasteiger partial charge in [0.2, 0.25) is 5.91 Å². The quantitative estimate of drug-likeness (QED) is 0.746. The van der Waals surface area contributed by atoms with E-state index in [4.69, 9.17) is 23.2 Å². The summed E-state index contributed by atoms with van der Waals surface area (Å²) in [6.45, 7) is -0.357. The lowest BCUT2D eigenvalue weighted by molar-refractivity contribution is -0.123. The number of benzene rings is 2. The van der Waals surface area contributed by atoms with Gasteiger partial charge >= 0.3 is 0 Å². The summed E-state index contributed by atoms with van der Waals surface area (Å²) in [6.07, 6.45) is 0. The minimum Gasteiger partial charge on any atom is -0.324 e. The van der Waals surface area contributed by atoms with Gasteiger partial charge in [-0.3, -0.25) is 19.4 Å². The van der Waals surface area contributed by atoms with Crippen molar-refractivity contribution in [1.29, 1.82) is 0 Å². The van der Waals surface area contributed by atoms with E-state index in [0.29, 0.717) is 0 Å². The van der Waals surface area contributed by atoms with Crippen molar-refractivity contribution >= 4 is 52.3 Å². The summed E-state index contributed by atoms with van der Waals surface area (Å²) in [6, 6.07) is 7.75. The summed E-state index contributed by atoms with van der Waals surface area (Å²) in [5.41, 5.74) is 0.320. The summed E-state index contributed by atoms with van der Waals surface area (Å²) in [5, 5.41) is 11.5. The zero-order valence-electron chi connectivity index (χ0n) is 14.6. The van der Waals surface area contributed by atoms with Crippen LogP contribution in [0, 0.1) is 5.82 Å². The Bertz CT molecular complexity index is 1040. The molecule has 2 atom stereocenters. The van der Waals surface area contributed by atoms with Crippen molar-refractivity contribution < 1.29 is 18.8 Å². The van der Waals surface area contributed by atoms with E-state index in [9.17, 15) is 18.8 Å². The van der Waals surface area contributed by atoms with Crippen LogP contribution in [0.25, 0.3) is 0 Å². The molecule has 1 fully saturated rings. The summed E-state index contributed by atoms with van der Waals surface area (Å²) in [5.74, 6) is -2.33. The molecule has 2 aromatic carbocycles. The predicted octanol–water partition coefficient (Wildman–Crippen LogP) is 3.06. The van der Waals surface area contributed by atoms with Crippen molar-refractivity contribution in [2.45, 2.75) is 12.1 Å². The Hall–Kier alpha value is -3.04. The van der Waals surface area contributed by atoms with Crippen LogP contribution in [0.3, 0.4) is 0 Å². The minimum atomic E-state index is -1.10. The molecular formula is C18H12Cl2FN5O3. The highest BCUT2D eigenvalue weighted by Crippen LogP contribution is 2.39. The van der Waals surface area contributed by atoms with Crippen LogP contribution >= 0.6 is 23.2 Å². The van der Waals surface area contributed by atoms with Gasteiger partial charge in [-0.1, -0.05) is 40.6 Å². The maximum absolute atomic E-state index is 13.3. The Labute approximate surface area is 173 Å². The Morgan fingerprint density at radius 1 is 1.10 bits per heavy atom. The monoisotopic (exact) mass is 435 g/mol. The topological polar surface area (TPSA) is 94.4 Å². The lowest BCUT2D eigenvalue weighted by Crippen LogP contribution is -2.43. The number of halogens is 3. The molecule has 11 heteroatoms. The third-order valence-corrected chi connectivity index (χ3v) is 5.04. The highest BCUT2D eigenvalue weighted by molar-refractivity contribution is 6.42. The number of hydrogen-bond acceptors (Lipinski definition) is 6. The molecule has 0 aromatic heterocycles. The van der Waals surface area contributed by atoms with E-state index in [1.165, 1.54) is 30.3 Å². The first-order valence-corrected chi connectivity index (χ1v) is 9.17. The number of fused-ring (bicyclic) bond motifs is 1. The Morgan fingerprint density at radius 2 is 1.79 bits per heavy atom. The van der Waals surface area contributed by atoms with Crippen LogP contribution in [0.2, 0.25) is 10.0 Å². The Morgan fingerprint density at radius 3 is 2.48 bits per heavy atom. The fourth-order valence-electron chi connectivity index (χ4n) is 3.19. The van der Waals surface area contributed by atoms with Crippen LogP contribution in [0.5, 0.6) is 0 Å². The van der Waals surface area contributed by atoms with Crippen LogP contribution < -0.4 is 10.2 Å². The van der Waals surface area contributed by atoms with Crippen molar-refractivity contribution in [3.8, 4) is 0 Å². The summed E-state index contributed by atoms with van der Waals surface area (Å²) >= 11 is 12.3. The number of para-hydroxylation sites is 1. The third kappa shape index (κ3) is 3.43. The first kappa shape index (κ1) is 19.3. The molecule has 0 spiro atoms. The summed E-state index contributed by atoms with van der Waals surface area (Å²) in [4.78, 5) is 38.8. The zero-order chi connectivity index (χ0) is 20.7. The second kappa shape index (κ2) is 7.41. The van der Waals surface area contributed by atoms with E-state index >= 15 is 0 Å². The number of carbonyl (C=O) groups excluding carboxylic acids is 3. The Kier molecular flexibility index (Phi) is 4.93. The van der Waals surface area contributed by atoms with E-state index in [-0.39, 0.29) is 28.0 Å². The van der Waals surface area contributed by atoms with Gasteiger partial charge in [0.25, 0.3) is 11.8 Å². The first-order chi connectivity index (χ1) is 13.9. The number of rotatable bonds is 4. The molecule has 2 aromatic rings. The molecule has 0 radical (unpaired) electrons. The zero-order valence-corrected chi connectivity index (χ0v) is 16.1. The van der Waals surface area contributed by atoms with Crippen molar-refractivity contribution in [3.63, 3.8) is 0 Å². The van der Waals surface area contributed by atoms with Crippen LogP contribution in [0.15, 0.2) is 52.8 Å². The number of anilines is 2. The van der Waals surface area contributed by atoms with E-state index in [1.54, 1.807) is 6.07 Å². The van der Waals surface area contributed by atoms with Crippen molar-refractivity contribution in [2.24, 2.45) is 10.3 Å². The van der Waals surface area contributed by atoms with E-state index < -0.39 is 35.6 Å². The molecule has 29 heavy (non-hydrogen) atoms. The van der Waals surface area contributed by atoms with Crippen LogP contribution in [-0.2, 0) is 14.4 Å². The van der Waals surface area contributed by atoms with Crippen LogP contribution in [0.1, 0.15) is 0 Å². The fourth-order valence-corrected chi connectivity index (χ4v) is 3.76. The van der Waals surface area contributed by atoms with Crippen molar-refractivity contribution in [1.82, 2.24) is 5.01 Å². The molecule has 2 aliphatic heterocycles. The minimum absolute atomic E-state index is 0.0691. The largest absolute Gasteiger partial charge is 0.324 e. The average molecular weight is 436 g/mol. The molecule has 8 nitrogen and oxygen atoms in total. The van der Waals surface area contributed by atoms with Gasteiger partial charge in [-0.15, -0.1) is 0 Å². The molecule has 0 aliphatic carbocycles. The number of hydrogen-bond donors (Lipinski definition) is 1. The van der Waals surface area contributed by atoms with E-state index in [0.717, 1.165) is 16.0 Å². The highest BCUT2D eigenvalue weighted by atomic mass is 35.5. The molecule has 1 N–H and O–H groups in total. The molecule has 148 valence electrons. The maximum Gasteiger partial charge on any atom is 0.263 e. The van der Waals surface area contributed by atoms with Crippen LogP contribution in [-0.4, -0.2) is 41.4 Å². The maximum atomic E-state index is 13.3. The number of amides is 3. The molecule has 1 saturated heterocycles. The number of imide groups is 1. The van der Waals surface area contributed by atoms with Gasteiger partial charge < -0.3 is 5.32 Å². The third-order valence-electron chi connectivity index (χ3n) is 4.43. The van der Waals surface area contributed by atoms with Gasteiger partial charge in [-0.25, -0.2) is 9.29 Å². The average Bonchev–Trinajstić information content (AvgIpc) is 3.17. The molecule has 0 bridgehead atoms. The smallest absolute Gasteiger partial charge is 0.263 e. The molecule has 2 heterocycles. The predicted molar refractivity (Wildman–Crippen MR) is 103 cm³/mol. The van der Waals surface area contributed by atoms with Gasteiger partial charge in [-0.05, 0) is 30.3 Å². The normalized spacial score (nSPS) is 20.4. The van der Waals surface area contributed by atoms with Gasteiger partial charge in [0.05, 0.1) is 15.7 Å². The van der Waals surface area contributed by atoms with E-state index in [2.05, 4.69) is 15.7 Å². The van der Waals surface area contributed by atoms with Crippen molar-refractivity contribution in [3.05, 3.63) is 58.3 Å². The van der Waals surface area contributed by atoms with Gasteiger partial charge in [0, 0.05) is 5.69 Å². The van der Waals surface area contributed by atoms with E-state index in [1.807, 2.05) is 0 Å². The van der Waals surface area contributed by atoms with Crippen LogP contribution in [0.4, 0.5) is 15.8 Å². The lowest BCUT2D eigenvalue weighted by Gasteiger charge is -2.21. The number of nitrogens with one attached hydrogen (secondary N) is 1. The first-order valence-electron chi connectivity index (χ1n) is 8.41. The van der Waals surface area contributed by atoms with Gasteiger partial charge in [0.1, 0.15) is 12.4 Å². The SMILES string of the molecule is O=C(CN1N=N[C@@H]2C(=O)N(c3c(Cl)cccc3Cl)C(=O)[C@@H]21)Nc1cccc(F)c1. The molecule has 0 unspecified atom stereocenters. The molecular weight excluding hydrogens is 424 g/mol. The second-order valence-electron chi connectivity index (χ2n) is 6.33. The Balaban J connectivity index is 1.53. The molecule has 3 amide bonds. The summed E-state index contributed by atoms with van der Waals surface area (Å²) in [7, 11) is 0. The van der Waals surface area contributed by atoms with Gasteiger partial charge in [-0.2, -0.15) is 5.11 Å². The molecule has 0 saturated carbocycles. The second-order valence-corrected chi connectivity index (χ2v) is 7.15. The lowest BCUT2D eigenvalue weighted by atomic mass is 10.1. The molecule has 2 aliphatic rings. The van der Waals surface area contributed by atoms with Crippen molar-refractivity contribution in [2.75, 3.05) is 16.8 Å². The summed E-state index contributed by atoms with van der Waals surface area (Å²) < 4.78 is 13.3. The standard InChI is InChI=1S/C18H12Cl2FN5O3/c19-11-5-2-6-12(20)15(11)26-17(28)14-16(18(26)29)25(24-23-14)8-13(27)22-10-4-1-3-9(21)7-10/h1-7,14,16H,8H2,(H,22,27)/t14-,16+/m0/s1. The van der Waals surface area contributed by atoms with Gasteiger partial charge in [0.15, 0.2) is 12.1 Å². The fraction of sp³-hybridized carbons (Fsp3) is 0.167. The molecule has 4 rings (SSSR count). The highest BCUT2D eigenvalue weighted by Gasteiger charge is 2.55. The number of nitrogens with zero attached hydrogens (tertiary/aromatic N) is 4. The number of carbonyl (C=O) groups is 3.